The van der Waals surface area contributed by atoms with E-state index in [0.717, 1.165) is 12.4 Å². The van der Waals surface area contributed by atoms with Gasteiger partial charge in [-0.2, -0.15) is 0 Å². The van der Waals surface area contributed by atoms with Gasteiger partial charge in [-0.25, -0.2) is 14.4 Å². The molecule has 78 valence electrons. The maximum Gasteiger partial charge on any atom is 0.222 e. The average molecular weight is 218 g/mol. The van der Waals surface area contributed by atoms with Gasteiger partial charge in [-0.15, -0.1) is 11.6 Å². The van der Waals surface area contributed by atoms with Crippen LogP contribution in [-0.2, 0) is 0 Å². The molecule has 0 aliphatic heterocycles. The van der Waals surface area contributed by atoms with Crippen LogP contribution < -0.4 is 5.32 Å². The molecule has 5 heteroatoms. The normalized spacial score (nSPS) is 11.4. The van der Waals surface area contributed by atoms with Gasteiger partial charge < -0.3 is 5.32 Å². The van der Waals surface area contributed by atoms with Gasteiger partial charge in [0, 0.05) is 12.4 Å². The Balaban J connectivity index is 2.50. The Morgan fingerprint density at radius 3 is 2.50 bits per heavy atom. The fourth-order valence-corrected chi connectivity index (χ4v) is 0.864. The first-order valence-electron chi connectivity index (χ1n) is 4.31. The number of rotatable bonds is 4. The lowest BCUT2D eigenvalue weighted by Crippen LogP contribution is -2.25. The van der Waals surface area contributed by atoms with E-state index in [1.54, 1.807) is 0 Å². The van der Waals surface area contributed by atoms with Gasteiger partial charge in [-0.05, 0) is 5.41 Å². The van der Waals surface area contributed by atoms with Crippen molar-refractivity contribution in [3.63, 3.8) is 0 Å². The van der Waals surface area contributed by atoms with Crippen LogP contribution in [0, 0.1) is 11.2 Å². The Morgan fingerprint density at radius 1 is 1.43 bits per heavy atom. The first kappa shape index (κ1) is 11.2. The number of halogens is 2. The molecule has 1 aromatic rings. The summed E-state index contributed by atoms with van der Waals surface area (Å²) >= 11 is 5.74. The highest BCUT2D eigenvalue weighted by Gasteiger charge is 2.16. The Labute approximate surface area is 87.7 Å². The summed E-state index contributed by atoms with van der Waals surface area (Å²) < 4.78 is 12.5. The van der Waals surface area contributed by atoms with Crippen LogP contribution in [0.4, 0.5) is 10.3 Å². The summed E-state index contributed by atoms with van der Waals surface area (Å²) in [4.78, 5) is 7.55. The van der Waals surface area contributed by atoms with Gasteiger partial charge in [0.15, 0.2) is 5.82 Å². The maximum atomic E-state index is 12.5. The Bertz CT molecular complexity index is 287. The monoisotopic (exact) mass is 217 g/mol. The summed E-state index contributed by atoms with van der Waals surface area (Å²) in [6.45, 7) is 4.70. The van der Waals surface area contributed by atoms with Crippen LogP contribution >= 0.6 is 11.6 Å². The molecular formula is C9H13ClFN3. The van der Waals surface area contributed by atoms with E-state index in [4.69, 9.17) is 11.6 Å². The number of alkyl halides is 1. The average Bonchev–Trinajstić information content (AvgIpc) is 2.17. The second kappa shape index (κ2) is 4.55. The van der Waals surface area contributed by atoms with E-state index < -0.39 is 5.82 Å². The lowest BCUT2D eigenvalue weighted by molar-refractivity contribution is 0.449. The molecule has 14 heavy (non-hydrogen) atoms. The quantitative estimate of drug-likeness (QED) is 0.787. The molecule has 0 aliphatic carbocycles. The van der Waals surface area contributed by atoms with Crippen molar-refractivity contribution in [2.75, 3.05) is 17.7 Å². The summed E-state index contributed by atoms with van der Waals surface area (Å²) in [7, 11) is 0. The number of hydrogen-bond donors (Lipinski definition) is 1. The van der Waals surface area contributed by atoms with Crippen LogP contribution in [0.2, 0.25) is 0 Å². The van der Waals surface area contributed by atoms with E-state index in [1.165, 1.54) is 0 Å². The third-order valence-corrected chi connectivity index (χ3v) is 2.43. The minimum atomic E-state index is -0.438. The second-order valence-electron chi connectivity index (χ2n) is 3.88. The smallest absolute Gasteiger partial charge is 0.222 e. The van der Waals surface area contributed by atoms with Gasteiger partial charge in [0.05, 0.1) is 12.4 Å². The van der Waals surface area contributed by atoms with Crippen molar-refractivity contribution in [3.8, 4) is 0 Å². The summed E-state index contributed by atoms with van der Waals surface area (Å²) in [5.74, 6) is 0.526. The Morgan fingerprint density at radius 2 is 2.00 bits per heavy atom. The number of anilines is 1. The van der Waals surface area contributed by atoms with Gasteiger partial charge in [0.2, 0.25) is 5.95 Å². The van der Waals surface area contributed by atoms with Gasteiger partial charge >= 0.3 is 0 Å². The predicted octanol–water partition coefficient (Wildman–Crippen LogP) is 2.29. The van der Waals surface area contributed by atoms with Crippen LogP contribution in [-0.4, -0.2) is 22.4 Å². The third-order valence-electron chi connectivity index (χ3n) is 1.71. The van der Waals surface area contributed by atoms with E-state index >= 15 is 0 Å². The Kier molecular flexibility index (Phi) is 3.63. The standard InChI is InChI=1S/C9H13ClFN3/c1-9(2,5-10)6-14-8-12-3-7(11)4-13-8/h3-4H,5-6H2,1-2H3,(H,12,13,14). The zero-order valence-electron chi connectivity index (χ0n) is 8.22. The first-order chi connectivity index (χ1) is 6.53. The predicted molar refractivity (Wildman–Crippen MR) is 55.0 cm³/mol. The lowest BCUT2D eigenvalue weighted by Gasteiger charge is -2.21. The molecule has 0 aromatic carbocycles. The summed E-state index contributed by atoms with van der Waals surface area (Å²) in [6, 6.07) is 0. The van der Waals surface area contributed by atoms with Crippen LogP contribution in [0.3, 0.4) is 0 Å². The first-order valence-corrected chi connectivity index (χ1v) is 4.84. The zero-order chi connectivity index (χ0) is 10.6. The molecule has 0 saturated carbocycles. The SMILES string of the molecule is CC(C)(CCl)CNc1ncc(F)cn1. The third kappa shape index (κ3) is 3.46. The second-order valence-corrected chi connectivity index (χ2v) is 4.14. The molecule has 0 bridgehead atoms. The van der Waals surface area contributed by atoms with Crippen molar-refractivity contribution < 1.29 is 4.39 Å². The number of nitrogens with zero attached hydrogens (tertiary/aromatic N) is 2. The fraction of sp³-hybridized carbons (Fsp3) is 0.556. The van der Waals surface area contributed by atoms with Crippen molar-refractivity contribution in [1.82, 2.24) is 9.97 Å². The van der Waals surface area contributed by atoms with Crippen molar-refractivity contribution in [2.24, 2.45) is 5.41 Å². The van der Waals surface area contributed by atoms with Gasteiger partial charge in [0.25, 0.3) is 0 Å². The summed E-state index contributed by atoms with van der Waals surface area (Å²) in [5, 5.41) is 2.99. The van der Waals surface area contributed by atoms with Gasteiger partial charge in [0.1, 0.15) is 0 Å². The number of nitrogens with one attached hydrogen (secondary N) is 1. The van der Waals surface area contributed by atoms with Crippen LogP contribution in [0.15, 0.2) is 12.4 Å². The topological polar surface area (TPSA) is 37.8 Å². The molecule has 1 rings (SSSR count). The molecule has 0 saturated heterocycles. The van der Waals surface area contributed by atoms with E-state index in [1.807, 2.05) is 13.8 Å². The molecule has 0 spiro atoms. The molecular weight excluding hydrogens is 205 g/mol. The van der Waals surface area contributed by atoms with Crippen LogP contribution in [0.25, 0.3) is 0 Å². The fourth-order valence-electron chi connectivity index (χ4n) is 0.769. The maximum absolute atomic E-state index is 12.5. The molecule has 0 radical (unpaired) electrons. The molecule has 3 nitrogen and oxygen atoms in total. The van der Waals surface area contributed by atoms with Gasteiger partial charge in [-0.1, -0.05) is 13.8 Å². The highest BCUT2D eigenvalue weighted by molar-refractivity contribution is 6.18. The number of hydrogen-bond acceptors (Lipinski definition) is 3. The van der Waals surface area contributed by atoms with Gasteiger partial charge in [-0.3, -0.25) is 0 Å². The molecule has 0 amide bonds. The molecule has 0 fully saturated rings. The molecule has 1 N–H and O–H groups in total. The van der Waals surface area contributed by atoms with Crippen molar-refractivity contribution in [1.29, 1.82) is 0 Å². The van der Waals surface area contributed by atoms with Crippen molar-refractivity contribution in [2.45, 2.75) is 13.8 Å². The van der Waals surface area contributed by atoms with E-state index in [-0.39, 0.29) is 5.41 Å². The molecule has 1 heterocycles. The Hall–Kier alpha value is -0.900. The largest absolute Gasteiger partial charge is 0.354 e. The lowest BCUT2D eigenvalue weighted by atomic mass is 9.97. The van der Waals surface area contributed by atoms with Crippen LogP contribution in [0.1, 0.15) is 13.8 Å². The minimum Gasteiger partial charge on any atom is -0.354 e. The highest BCUT2D eigenvalue weighted by atomic mass is 35.5. The van der Waals surface area contributed by atoms with Crippen molar-refractivity contribution in [3.05, 3.63) is 18.2 Å². The molecule has 0 atom stereocenters. The van der Waals surface area contributed by atoms with Crippen LogP contribution in [0.5, 0.6) is 0 Å². The molecule has 0 unspecified atom stereocenters. The summed E-state index contributed by atoms with van der Waals surface area (Å²) in [6.07, 6.45) is 2.26. The van der Waals surface area contributed by atoms with E-state index in [2.05, 4.69) is 15.3 Å². The molecule has 1 aromatic heterocycles. The van der Waals surface area contributed by atoms with E-state index in [9.17, 15) is 4.39 Å². The zero-order valence-corrected chi connectivity index (χ0v) is 8.98. The van der Waals surface area contributed by atoms with E-state index in [0.29, 0.717) is 18.4 Å². The van der Waals surface area contributed by atoms with Crippen molar-refractivity contribution >= 4 is 17.5 Å². The minimum absolute atomic E-state index is 0.0285. The summed E-state index contributed by atoms with van der Waals surface area (Å²) in [5.41, 5.74) is -0.0285. The highest BCUT2D eigenvalue weighted by Crippen LogP contribution is 2.16. The number of aromatic nitrogens is 2. The molecule has 0 aliphatic rings.